The van der Waals surface area contributed by atoms with Gasteiger partial charge in [-0.2, -0.15) is 0 Å². The number of carbonyl (C=O) groups excluding carboxylic acids is 1. The van der Waals surface area contributed by atoms with E-state index in [9.17, 15) is 4.79 Å². The Bertz CT molecular complexity index is 568. The van der Waals surface area contributed by atoms with Gasteiger partial charge in [-0.05, 0) is 46.3 Å². The first-order valence-electron chi connectivity index (χ1n) is 4.68. The van der Waals surface area contributed by atoms with Crippen molar-refractivity contribution in [2.24, 2.45) is 0 Å². The summed E-state index contributed by atoms with van der Waals surface area (Å²) in [6, 6.07) is 8.94. The highest BCUT2D eigenvalue weighted by atomic mass is 79.9. The van der Waals surface area contributed by atoms with Crippen LogP contribution in [0.5, 0.6) is 0 Å². The molecule has 0 aliphatic rings. The maximum Gasteiger partial charge on any atom is 0.265 e. The van der Waals surface area contributed by atoms with E-state index in [1.165, 1.54) is 11.3 Å². The Kier molecular flexibility index (Phi) is 3.86. The molecule has 6 heteroatoms. The summed E-state index contributed by atoms with van der Waals surface area (Å²) in [5.41, 5.74) is 6.95. The van der Waals surface area contributed by atoms with Gasteiger partial charge in [0.15, 0.2) is 0 Å². The Balaban J connectivity index is 2.18. The first-order valence-corrected chi connectivity index (χ1v) is 7.08. The predicted octanol–water partition coefficient (Wildman–Crippen LogP) is 4.11. The van der Waals surface area contributed by atoms with E-state index in [1.807, 2.05) is 12.1 Å². The summed E-state index contributed by atoms with van der Waals surface area (Å²) in [4.78, 5) is 12.5. The minimum Gasteiger partial charge on any atom is -0.397 e. The van der Waals surface area contributed by atoms with Gasteiger partial charge in [-0.3, -0.25) is 4.79 Å². The van der Waals surface area contributed by atoms with Crippen molar-refractivity contribution < 1.29 is 4.79 Å². The SMILES string of the molecule is Nc1cc(Br)ccc1NC(=O)c1ccc(Br)s1. The summed E-state index contributed by atoms with van der Waals surface area (Å²) < 4.78 is 1.80. The van der Waals surface area contributed by atoms with E-state index >= 15 is 0 Å². The van der Waals surface area contributed by atoms with E-state index in [4.69, 9.17) is 5.73 Å². The van der Waals surface area contributed by atoms with Gasteiger partial charge >= 0.3 is 0 Å². The zero-order valence-electron chi connectivity index (χ0n) is 8.54. The van der Waals surface area contributed by atoms with Gasteiger partial charge in [0.05, 0.1) is 20.0 Å². The molecule has 0 bridgehead atoms. The second kappa shape index (κ2) is 5.20. The fraction of sp³-hybridized carbons (Fsp3) is 0. The van der Waals surface area contributed by atoms with Gasteiger partial charge in [-0.25, -0.2) is 0 Å². The van der Waals surface area contributed by atoms with Gasteiger partial charge in [0, 0.05) is 4.47 Å². The minimum absolute atomic E-state index is 0.158. The normalized spacial score (nSPS) is 10.2. The van der Waals surface area contributed by atoms with E-state index in [2.05, 4.69) is 37.2 Å². The number of nitrogens with two attached hydrogens (primary N) is 1. The summed E-state index contributed by atoms with van der Waals surface area (Å²) >= 11 is 8.01. The van der Waals surface area contributed by atoms with E-state index < -0.39 is 0 Å². The lowest BCUT2D eigenvalue weighted by molar-refractivity contribution is 0.103. The third-order valence-corrected chi connectivity index (χ3v) is 4.17. The van der Waals surface area contributed by atoms with Crippen LogP contribution in [0.3, 0.4) is 0 Å². The number of hydrogen-bond donors (Lipinski definition) is 2. The molecule has 0 saturated heterocycles. The molecule has 3 N–H and O–H groups in total. The molecule has 1 aromatic carbocycles. The zero-order chi connectivity index (χ0) is 12.4. The number of thiophene rings is 1. The second-order valence-corrected chi connectivity index (χ2v) is 6.67. The number of benzene rings is 1. The van der Waals surface area contributed by atoms with Gasteiger partial charge in [0.2, 0.25) is 0 Å². The van der Waals surface area contributed by atoms with Crippen molar-refractivity contribution in [3.05, 3.63) is 43.5 Å². The van der Waals surface area contributed by atoms with Gasteiger partial charge in [0.1, 0.15) is 0 Å². The molecule has 0 saturated carbocycles. The summed E-state index contributed by atoms with van der Waals surface area (Å²) in [5.74, 6) is -0.158. The van der Waals surface area contributed by atoms with Crippen LogP contribution in [0.25, 0.3) is 0 Å². The van der Waals surface area contributed by atoms with E-state index in [0.29, 0.717) is 16.3 Å². The molecule has 17 heavy (non-hydrogen) atoms. The van der Waals surface area contributed by atoms with Gasteiger partial charge in [-0.15, -0.1) is 11.3 Å². The number of nitrogen functional groups attached to an aromatic ring is 1. The number of anilines is 2. The van der Waals surface area contributed by atoms with Gasteiger partial charge in [0.25, 0.3) is 5.91 Å². The van der Waals surface area contributed by atoms with Crippen LogP contribution in [0.2, 0.25) is 0 Å². The summed E-state index contributed by atoms with van der Waals surface area (Å²) in [6.07, 6.45) is 0. The monoisotopic (exact) mass is 374 g/mol. The third-order valence-electron chi connectivity index (χ3n) is 2.06. The Labute approximate surface area is 119 Å². The molecule has 0 atom stereocenters. The number of nitrogens with one attached hydrogen (secondary N) is 1. The smallest absolute Gasteiger partial charge is 0.265 e. The first kappa shape index (κ1) is 12.6. The summed E-state index contributed by atoms with van der Waals surface area (Å²) in [5, 5.41) is 2.77. The molecule has 3 nitrogen and oxygen atoms in total. The van der Waals surface area contributed by atoms with Crippen LogP contribution in [0.1, 0.15) is 9.67 Å². The predicted molar refractivity (Wildman–Crippen MR) is 78.5 cm³/mol. The first-order chi connectivity index (χ1) is 8.06. The lowest BCUT2D eigenvalue weighted by atomic mass is 10.2. The molecule has 0 radical (unpaired) electrons. The molecule has 1 heterocycles. The molecular weight excluding hydrogens is 368 g/mol. The standard InChI is InChI=1S/C11H8Br2N2OS/c12-6-1-2-8(7(14)5-6)15-11(16)9-3-4-10(13)17-9/h1-5H,14H2,(H,15,16). The molecule has 0 aliphatic carbocycles. The zero-order valence-corrected chi connectivity index (χ0v) is 12.5. The quantitative estimate of drug-likeness (QED) is 0.776. The van der Waals surface area contributed by atoms with Crippen molar-refractivity contribution in [1.82, 2.24) is 0 Å². The average molecular weight is 376 g/mol. The highest BCUT2D eigenvalue weighted by molar-refractivity contribution is 9.11. The molecule has 0 aliphatic heterocycles. The molecule has 1 aromatic heterocycles. The molecule has 0 spiro atoms. The van der Waals surface area contributed by atoms with Crippen molar-refractivity contribution in [2.45, 2.75) is 0 Å². The topological polar surface area (TPSA) is 55.1 Å². The fourth-order valence-corrected chi connectivity index (χ4v) is 2.93. The van der Waals surface area contributed by atoms with Crippen LogP contribution >= 0.6 is 43.2 Å². The maximum absolute atomic E-state index is 11.9. The molecular formula is C11H8Br2N2OS. The van der Waals surface area contributed by atoms with Crippen molar-refractivity contribution in [1.29, 1.82) is 0 Å². The Morgan fingerprint density at radius 3 is 2.59 bits per heavy atom. The van der Waals surface area contributed by atoms with E-state index in [-0.39, 0.29) is 5.91 Å². The lowest BCUT2D eigenvalue weighted by Crippen LogP contribution is -2.11. The molecule has 2 aromatic rings. The van der Waals surface area contributed by atoms with Crippen molar-refractivity contribution in [2.75, 3.05) is 11.1 Å². The Hall–Kier alpha value is -0.850. The lowest BCUT2D eigenvalue weighted by Gasteiger charge is -2.07. The van der Waals surface area contributed by atoms with Crippen LogP contribution < -0.4 is 11.1 Å². The Morgan fingerprint density at radius 1 is 1.24 bits per heavy atom. The number of amides is 1. The molecule has 1 amide bonds. The molecule has 88 valence electrons. The largest absolute Gasteiger partial charge is 0.397 e. The summed E-state index contributed by atoms with van der Waals surface area (Å²) in [7, 11) is 0. The highest BCUT2D eigenvalue weighted by Gasteiger charge is 2.10. The molecule has 2 rings (SSSR count). The second-order valence-electron chi connectivity index (χ2n) is 3.29. The minimum atomic E-state index is -0.158. The number of hydrogen-bond acceptors (Lipinski definition) is 3. The summed E-state index contributed by atoms with van der Waals surface area (Å²) in [6.45, 7) is 0. The number of rotatable bonds is 2. The van der Waals surface area contributed by atoms with Gasteiger partial charge < -0.3 is 11.1 Å². The fourth-order valence-electron chi connectivity index (χ4n) is 1.27. The third kappa shape index (κ3) is 3.08. The molecule has 0 unspecified atom stereocenters. The van der Waals surface area contributed by atoms with Gasteiger partial charge in [-0.1, -0.05) is 15.9 Å². The number of carbonyl (C=O) groups is 1. The van der Waals surface area contributed by atoms with Crippen LogP contribution in [0, 0.1) is 0 Å². The maximum atomic E-state index is 11.9. The van der Waals surface area contributed by atoms with Crippen molar-refractivity contribution in [3.8, 4) is 0 Å². The van der Waals surface area contributed by atoms with Crippen LogP contribution in [0.15, 0.2) is 38.6 Å². The van der Waals surface area contributed by atoms with E-state index in [0.717, 1.165) is 8.26 Å². The van der Waals surface area contributed by atoms with E-state index in [1.54, 1.807) is 18.2 Å². The number of halogens is 2. The average Bonchev–Trinajstić information content (AvgIpc) is 2.69. The van der Waals surface area contributed by atoms with Crippen molar-refractivity contribution >= 4 is 60.5 Å². The van der Waals surface area contributed by atoms with Crippen molar-refractivity contribution in [3.63, 3.8) is 0 Å². The Morgan fingerprint density at radius 2 is 2.00 bits per heavy atom. The van der Waals surface area contributed by atoms with Crippen LogP contribution in [0.4, 0.5) is 11.4 Å². The molecule has 0 fully saturated rings. The van der Waals surface area contributed by atoms with Crippen LogP contribution in [-0.4, -0.2) is 5.91 Å². The highest BCUT2D eigenvalue weighted by Crippen LogP contribution is 2.26. The van der Waals surface area contributed by atoms with Crippen LogP contribution in [-0.2, 0) is 0 Å².